The third-order valence-electron chi connectivity index (χ3n) is 4.00. The molecule has 3 rings (SSSR count). The monoisotopic (exact) mass is 460 g/mol. The highest BCUT2D eigenvalue weighted by Crippen LogP contribution is 2.27. The number of aromatic nitrogens is 2. The number of carbonyl (C=O) groups excluding carboxylic acids is 1. The van der Waals surface area contributed by atoms with Crippen molar-refractivity contribution in [1.29, 1.82) is 5.41 Å². The van der Waals surface area contributed by atoms with Gasteiger partial charge in [-0.05, 0) is 36.4 Å². The topological polar surface area (TPSA) is 135 Å². The Hall–Kier alpha value is -3.50. The van der Waals surface area contributed by atoms with E-state index < -0.39 is 21.5 Å². The summed E-state index contributed by atoms with van der Waals surface area (Å²) < 4.78 is 33.9. The lowest BCUT2D eigenvalue weighted by atomic mass is 10.2. The van der Waals surface area contributed by atoms with E-state index in [0.717, 1.165) is 13.4 Å². The highest BCUT2D eigenvalue weighted by Gasteiger charge is 2.18. The number of nitrogens with zero attached hydrogens (tertiary/aromatic N) is 2. The van der Waals surface area contributed by atoms with Crippen LogP contribution in [0, 0.1) is 5.41 Å². The number of benzene rings is 2. The zero-order valence-electron chi connectivity index (χ0n) is 16.4. The maximum absolute atomic E-state index is 11.8. The molecule has 0 spiro atoms. The summed E-state index contributed by atoms with van der Waals surface area (Å²) in [5.41, 5.74) is 0.533. The van der Waals surface area contributed by atoms with Crippen LogP contribution in [0.15, 0.2) is 63.9 Å². The quantitative estimate of drug-likeness (QED) is 0.404. The summed E-state index contributed by atoms with van der Waals surface area (Å²) >= 11 is 6.18. The molecule has 0 saturated heterocycles. The minimum atomic E-state index is -3.42. The van der Waals surface area contributed by atoms with E-state index in [4.69, 9.17) is 21.4 Å². The number of halogens is 1. The van der Waals surface area contributed by atoms with Gasteiger partial charge in [0.2, 0.25) is 5.89 Å². The predicted molar refractivity (Wildman–Crippen MR) is 116 cm³/mol. The molecular weight excluding hydrogens is 444 g/mol. The minimum Gasteiger partial charge on any atom is -0.464 e. The number of nitrogens with one attached hydrogen (secondary N) is 2. The Bertz CT molecular complexity index is 1280. The average molecular weight is 461 g/mol. The first-order chi connectivity index (χ1) is 14.7. The number of para-hydroxylation sites is 1. The van der Waals surface area contributed by atoms with Crippen LogP contribution in [-0.2, 0) is 19.4 Å². The van der Waals surface area contributed by atoms with Crippen molar-refractivity contribution in [3.63, 3.8) is 0 Å². The van der Waals surface area contributed by atoms with E-state index in [1.54, 1.807) is 36.4 Å². The Morgan fingerprint density at radius 2 is 1.94 bits per heavy atom. The Balaban J connectivity index is 2.02. The van der Waals surface area contributed by atoms with Crippen LogP contribution in [0.3, 0.4) is 0 Å². The normalized spacial score (nSPS) is 11.8. The van der Waals surface area contributed by atoms with E-state index in [-0.39, 0.29) is 22.4 Å². The van der Waals surface area contributed by atoms with Gasteiger partial charge in [0.1, 0.15) is 11.4 Å². The second-order valence-electron chi connectivity index (χ2n) is 6.28. The first-order valence-corrected chi connectivity index (χ1v) is 11.0. The molecule has 0 atom stereocenters. The van der Waals surface area contributed by atoms with E-state index in [9.17, 15) is 13.2 Å². The molecule has 160 valence electrons. The summed E-state index contributed by atoms with van der Waals surface area (Å²) in [7, 11) is -2.27. The Labute approximate surface area is 183 Å². The van der Waals surface area contributed by atoms with Crippen molar-refractivity contribution >= 4 is 44.5 Å². The van der Waals surface area contributed by atoms with Crippen molar-refractivity contribution in [1.82, 2.24) is 10.2 Å². The summed E-state index contributed by atoms with van der Waals surface area (Å²) in [5, 5.41) is 19.1. The molecule has 9 nitrogen and oxygen atoms in total. The van der Waals surface area contributed by atoms with Gasteiger partial charge in [-0.1, -0.05) is 29.8 Å². The van der Waals surface area contributed by atoms with Crippen molar-refractivity contribution in [2.45, 2.75) is 4.90 Å². The van der Waals surface area contributed by atoms with Gasteiger partial charge in [-0.2, -0.15) is 0 Å². The van der Waals surface area contributed by atoms with Gasteiger partial charge in [-0.25, -0.2) is 13.2 Å². The van der Waals surface area contributed by atoms with E-state index in [1.807, 2.05) is 0 Å². The number of methoxy groups -OCH3 is 1. The highest BCUT2D eigenvalue weighted by molar-refractivity contribution is 7.90. The Morgan fingerprint density at radius 1 is 1.19 bits per heavy atom. The molecule has 0 fully saturated rings. The van der Waals surface area contributed by atoms with E-state index in [2.05, 4.69) is 20.3 Å². The average Bonchev–Trinajstić information content (AvgIpc) is 3.24. The van der Waals surface area contributed by atoms with E-state index in [1.165, 1.54) is 18.2 Å². The van der Waals surface area contributed by atoms with Crippen molar-refractivity contribution in [3.05, 3.63) is 65.5 Å². The lowest BCUT2D eigenvalue weighted by Gasteiger charge is -2.09. The molecule has 0 saturated carbocycles. The van der Waals surface area contributed by atoms with Crippen LogP contribution >= 0.6 is 11.6 Å². The molecule has 0 unspecified atom stereocenters. The first-order valence-electron chi connectivity index (χ1n) is 8.73. The smallest absolute Gasteiger partial charge is 0.356 e. The summed E-state index contributed by atoms with van der Waals surface area (Å²) in [6.45, 7) is 0. The molecule has 2 N–H and O–H groups in total. The maximum atomic E-state index is 11.8. The molecular formula is C20H17ClN4O5S. The van der Waals surface area contributed by atoms with Crippen LogP contribution in [0.1, 0.15) is 5.89 Å². The van der Waals surface area contributed by atoms with Gasteiger partial charge in [0.15, 0.2) is 9.84 Å². The van der Waals surface area contributed by atoms with Crippen molar-refractivity contribution in [3.8, 4) is 11.5 Å². The molecule has 0 aliphatic carbocycles. The van der Waals surface area contributed by atoms with E-state index >= 15 is 0 Å². The van der Waals surface area contributed by atoms with Crippen LogP contribution < -0.4 is 5.32 Å². The van der Waals surface area contributed by atoms with Gasteiger partial charge in [-0.15, -0.1) is 10.2 Å². The Kier molecular flexibility index (Phi) is 6.52. The van der Waals surface area contributed by atoms with Crippen LogP contribution in [0.5, 0.6) is 0 Å². The van der Waals surface area contributed by atoms with Gasteiger partial charge < -0.3 is 14.5 Å². The summed E-state index contributed by atoms with van der Waals surface area (Å²) in [5.74, 6) is -0.857. The zero-order chi connectivity index (χ0) is 22.6. The molecule has 0 amide bonds. The fourth-order valence-corrected chi connectivity index (χ4v) is 3.33. The van der Waals surface area contributed by atoms with Crippen LogP contribution in [-0.4, -0.2) is 43.7 Å². The summed E-state index contributed by atoms with van der Waals surface area (Å²) in [6, 6.07) is 12.9. The molecule has 0 aliphatic heterocycles. The minimum absolute atomic E-state index is 0.0478. The second kappa shape index (κ2) is 9.11. The molecule has 3 aromatic rings. The molecule has 0 radical (unpaired) electrons. The van der Waals surface area contributed by atoms with Gasteiger partial charge >= 0.3 is 5.97 Å². The van der Waals surface area contributed by atoms with Crippen LogP contribution in [0.2, 0.25) is 5.02 Å². The third kappa shape index (κ3) is 5.36. The number of ether oxygens (including phenoxy) is 1. The molecule has 2 aromatic carbocycles. The number of carbonyl (C=O) groups is 1. The van der Waals surface area contributed by atoms with Gasteiger partial charge in [0, 0.05) is 11.8 Å². The number of anilines is 1. The maximum Gasteiger partial charge on any atom is 0.356 e. The van der Waals surface area contributed by atoms with Crippen LogP contribution in [0.25, 0.3) is 17.2 Å². The van der Waals surface area contributed by atoms with Gasteiger partial charge in [0.05, 0.1) is 22.7 Å². The van der Waals surface area contributed by atoms with Gasteiger partial charge in [0.25, 0.3) is 5.89 Å². The molecule has 11 heteroatoms. The molecule has 1 heterocycles. The highest BCUT2D eigenvalue weighted by atomic mass is 35.5. The summed E-state index contributed by atoms with van der Waals surface area (Å²) in [6.07, 6.45) is 2.26. The number of esters is 1. The number of sulfone groups is 1. The molecule has 31 heavy (non-hydrogen) atoms. The fraction of sp³-hybridized carbons (Fsp3) is 0.100. The van der Waals surface area contributed by atoms with Crippen molar-refractivity contribution in [2.75, 3.05) is 18.7 Å². The summed E-state index contributed by atoms with van der Waals surface area (Å²) in [4.78, 5) is 11.8. The van der Waals surface area contributed by atoms with Crippen molar-refractivity contribution < 1.29 is 22.4 Å². The van der Waals surface area contributed by atoms with Crippen molar-refractivity contribution in [2.24, 2.45) is 0 Å². The number of rotatable bonds is 7. The predicted octanol–water partition coefficient (Wildman–Crippen LogP) is 3.44. The lowest BCUT2D eigenvalue weighted by Crippen LogP contribution is -2.14. The largest absolute Gasteiger partial charge is 0.464 e. The SMILES string of the molecule is COC(=O)C(=N)/C=C(\Nc1ccccc1Cl)c1nnc(-c2cccc(S(C)(=O)=O)c2)o1. The third-order valence-corrected chi connectivity index (χ3v) is 5.44. The zero-order valence-corrected chi connectivity index (χ0v) is 18.0. The Morgan fingerprint density at radius 3 is 2.61 bits per heavy atom. The fourth-order valence-electron chi connectivity index (χ4n) is 2.48. The van der Waals surface area contributed by atoms with Crippen LogP contribution in [0.4, 0.5) is 5.69 Å². The second-order valence-corrected chi connectivity index (χ2v) is 8.70. The molecule has 0 aliphatic rings. The van der Waals surface area contributed by atoms with E-state index in [0.29, 0.717) is 16.3 Å². The first kappa shape index (κ1) is 22.2. The lowest BCUT2D eigenvalue weighted by molar-refractivity contribution is -0.132. The number of hydrogen-bond acceptors (Lipinski definition) is 9. The molecule has 1 aromatic heterocycles. The number of hydrogen-bond donors (Lipinski definition) is 2. The standard InChI is InChI=1S/C20H17ClN4O5S/c1-29-20(26)15(22)11-17(23-16-9-4-3-8-14(16)21)19-25-24-18(30-19)12-6-5-7-13(10-12)31(2,27)28/h3-11,22-23H,1-2H3/b17-11-,22-15?. The molecule has 0 bridgehead atoms. The van der Waals surface area contributed by atoms with Gasteiger partial charge in [-0.3, -0.25) is 5.41 Å².